The lowest BCUT2D eigenvalue weighted by Gasteiger charge is -1.95. The molecule has 0 unspecified atom stereocenters. The van der Waals surface area contributed by atoms with Gasteiger partial charge >= 0.3 is 0 Å². The zero-order chi connectivity index (χ0) is 9.40. The van der Waals surface area contributed by atoms with Gasteiger partial charge in [0.2, 0.25) is 5.91 Å². The summed E-state index contributed by atoms with van der Waals surface area (Å²) in [6, 6.07) is 0. The summed E-state index contributed by atoms with van der Waals surface area (Å²) in [6.07, 6.45) is 8.32. The van der Waals surface area contributed by atoms with Crippen LogP contribution >= 0.6 is 0 Å². The largest absolute Gasteiger partial charge is 0.329 e. The zero-order valence-corrected chi connectivity index (χ0v) is 7.63. The van der Waals surface area contributed by atoms with E-state index in [9.17, 15) is 4.79 Å². The molecule has 2 nitrogen and oxygen atoms in total. The molecule has 0 aliphatic heterocycles. The minimum atomic E-state index is -0.133. The van der Waals surface area contributed by atoms with Crippen molar-refractivity contribution in [2.45, 2.75) is 20.3 Å². The number of nitrogens with one attached hydrogen (secondary N) is 1. The van der Waals surface area contributed by atoms with E-state index >= 15 is 0 Å². The van der Waals surface area contributed by atoms with E-state index in [1.54, 1.807) is 13.1 Å². The quantitative estimate of drug-likeness (QED) is 0.502. The third-order valence-electron chi connectivity index (χ3n) is 1.23. The molecule has 0 aliphatic rings. The molecule has 0 rings (SSSR count). The molecule has 0 heterocycles. The van der Waals surface area contributed by atoms with Crippen LogP contribution in [0.4, 0.5) is 0 Å². The first-order valence-electron chi connectivity index (χ1n) is 3.91. The van der Waals surface area contributed by atoms with Crippen LogP contribution in [-0.4, -0.2) is 5.91 Å². The Morgan fingerprint density at radius 2 is 2.17 bits per heavy atom. The molecule has 1 N–H and O–H groups in total. The molecule has 0 radical (unpaired) electrons. The normalized spacial score (nSPS) is 10.8. The van der Waals surface area contributed by atoms with Gasteiger partial charge in [0.1, 0.15) is 0 Å². The Labute approximate surface area is 73.7 Å². The number of hydrogen-bond donors (Lipinski definition) is 1. The first-order valence-corrected chi connectivity index (χ1v) is 3.91. The Morgan fingerprint density at radius 1 is 1.50 bits per heavy atom. The average molecular weight is 165 g/mol. The molecule has 1 amide bonds. The number of allylic oxidation sites excluding steroid dienone is 3. The molecule has 0 atom stereocenters. The van der Waals surface area contributed by atoms with E-state index in [1.807, 2.05) is 25.2 Å². The van der Waals surface area contributed by atoms with Crippen LogP contribution in [0.15, 0.2) is 36.6 Å². The molecule has 0 bridgehead atoms. The molecule has 0 aromatic carbocycles. The molecule has 0 spiro atoms. The first-order chi connectivity index (χ1) is 5.68. The lowest BCUT2D eigenvalue weighted by molar-refractivity contribution is -0.116. The highest BCUT2D eigenvalue weighted by atomic mass is 16.1. The van der Waals surface area contributed by atoms with Crippen LogP contribution in [0, 0.1) is 0 Å². The number of rotatable bonds is 4. The van der Waals surface area contributed by atoms with Crippen molar-refractivity contribution in [3.05, 3.63) is 36.6 Å². The summed E-state index contributed by atoms with van der Waals surface area (Å²) in [4.78, 5) is 10.9. The number of carbonyl (C=O) groups is 1. The molecular weight excluding hydrogens is 150 g/mol. The predicted octanol–water partition coefficient (Wildman–Crippen LogP) is 2.16. The van der Waals surface area contributed by atoms with Crippen molar-refractivity contribution >= 4 is 5.91 Å². The maximum atomic E-state index is 10.9. The van der Waals surface area contributed by atoms with Gasteiger partial charge in [0.05, 0.1) is 0 Å². The lowest BCUT2D eigenvalue weighted by atomic mass is 10.3. The van der Waals surface area contributed by atoms with Crippen molar-refractivity contribution in [2.24, 2.45) is 0 Å². The summed E-state index contributed by atoms with van der Waals surface area (Å²) < 4.78 is 0. The molecular formula is C10H15NO. The van der Waals surface area contributed by atoms with E-state index in [4.69, 9.17) is 0 Å². The van der Waals surface area contributed by atoms with Crippen LogP contribution in [0.25, 0.3) is 0 Å². The highest BCUT2D eigenvalue weighted by molar-refractivity contribution is 5.92. The van der Waals surface area contributed by atoms with Gasteiger partial charge < -0.3 is 5.32 Å². The fourth-order valence-electron chi connectivity index (χ4n) is 0.541. The predicted molar refractivity (Wildman–Crippen MR) is 51.5 cm³/mol. The van der Waals surface area contributed by atoms with E-state index in [0.717, 1.165) is 6.42 Å². The van der Waals surface area contributed by atoms with Crippen LogP contribution in [-0.2, 0) is 4.79 Å². The molecule has 66 valence electrons. The molecule has 0 aromatic rings. The van der Waals surface area contributed by atoms with Crippen LogP contribution < -0.4 is 5.32 Å². The second-order valence-corrected chi connectivity index (χ2v) is 2.46. The van der Waals surface area contributed by atoms with E-state index in [1.165, 1.54) is 0 Å². The van der Waals surface area contributed by atoms with Gasteiger partial charge in [0, 0.05) is 11.8 Å². The van der Waals surface area contributed by atoms with Crippen LogP contribution in [0.2, 0.25) is 0 Å². The van der Waals surface area contributed by atoms with Gasteiger partial charge in [-0.05, 0) is 20.3 Å². The van der Waals surface area contributed by atoms with Crippen LogP contribution in [0.5, 0.6) is 0 Å². The molecule has 0 saturated heterocycles. The summed E-state index contributed by atoms with van der Waals surface area (Å²) in [5.41, 5.74) is 0.519. The van der Waals surface area contributed by atoms with Crippen LogP contribution in [0.3, 0.4) is 0 Å². The zero-order valence-electron chi connectivity index (χ0n) is 7.63. The number of carbonyl (C=O) groups excluding carboxylic acids is 1. The average Bonchev–Trinajstić information content (AvgIpc) is 2.03. The third-order valence-corrected chi connectivity index (χ3v) is 1.23. The standard InChI is InChI=1S/C10H15NO/c1-4-5-6-7-8-11-10(12)9(2)3/h4-5,7-8H,2,6H2,1,3H3,(H,11,12). The van der Waals surface area contributed by atoms with E-state index in [0.29, 0.717) is 5.57 Å². The number of hydrogen-bond acceptors (Lipinski definition) is 1. The fourth-order valence-corrected chi connectivity index (χ4v) is 0.541. The van der Waals surface area contributed by atoms with E-state index < -0.39 is 0 Å². The lowest BCUT2D eigenvalue weighted by Crippen LogP contribution is -2.16. The summed E-state index contributed by atoms with van der Waals surface area (Å²) >= 11 is 0. The van der Waals surface area contributed by atoms with Crippen LogP contribution in [0.1, 0.15) is 20.3 Å². The van der Waals surface area contributed by atoms with Crippen molar-refractivity contribution in [1.29, 1.82) is 0 Å². The first kappa shape index (κ1) is 10.7. The minimum absolute atomic E-state index is 0.133. The second kappa shape index (κ2) is 6.40. The van der Waals surface area contributed by atoms with Gasteiger partial charge in [-0.15, -0.1) is 0 Å². The van der Waals surface area contributed by atoms with Crippen molar-refractivity contribution in [2.75, 3.05) is 0 Å². The summed E-state index contributed by atoms with van der Waals surface area (Å²) in [6.45, 7) is 7.14. The summed E-state index contributed by atoms with van der Waals surface area (Å²) in [5.74, 6) is -0.133. The highest BCUT2D eigenvalue weighted by Crippen LogP contribution is 1.87. The van der Waals surface area contributed by atoms with Gasteiger partial charge in [-0.1, -0.05) is 24.8 Å². The molecule has 2 heteroatoms. The topological polar surface area (TPSA) is 29.1 Å². The molecule has 12 heavy (non-hydrogen) atoms. The molecule has 0 saturated carbocycles. The molecule has 0 aromatic heterocycles. The van der Waals surface area contributed by atoms with Crippen molar-refractivity contribution < 1.29 is 4.79 Å². The Bertz CT molecular complexity index is 214. The maximum absolute atomic E-state index is 10.9. The maximum Gasteiger partial charge on any atom is 0.250 e. The second-order valence-electron chi connectivity index (χ2n) is 2.46. The van der Waals surface area contributed by atoms with Gasteiger partial charge in [0.15, 0.2) is 0 Å². The Morgan fingerprint density at radius 3 is 2.67 bits per heavy atom. The summed E-state index contributed by atoms with van der Waals surface area (Å²) in [5, 5.41) is 2.59. The SMILES string of the molecule is C=C(C)C(=O)NC=CCC=CC. The van der Waals surface area contributed by atoms with Gasteiger partial charge in [-0.25, -0.2) is 0 Å². The van der Waals surface area contributed by atoms with E-state index in [2.05, 4.69) is 11.9 Å². The highest BCUT2D eigenvalue weighted by Gasteiger charge is 1.94. The van der Waals surface area contributed by atoms with Gasteiger partial charge in [-0.3, -0.25) is 4.79 Å². The Balaban J connectivity index is 3.60. The third kappa shape index (κ3) is 5.47. The monoisotopic (exact) mass is 165 g/mol. The summed E-state index contributed by atoms with van der Waals surface area (Å²) in [7, 11) is 0. The fraction of sp³-hybridized carbons (Fsp3) is 0.300. The molecule has 0 fully saturated rings. The van der Waals surface area contributed by atoms with Crippen molar-refractivity contribution in [3.63, 3.8) is 0 Å². The smallest absolute Gasteiger partial charge is 0.250 e. The number of amides is 1. The van der Waals surface area contributed by atoms with Crippen molar-refractivity contribution in [1.82, 2.24) is 5.32 Å². The van der Waals surface area contributed by atoms with Gasteiger partial charge in [0.25, 0.3) is 0 Å². The van der Waals surface area contributed by atoms with E-state index in [-0.39, 0.29) is 5.91 Å². The molecule has 0 aliphatic carbocycles. The Hall–Kier alpha value is -1.31. The Kier molecular flexibility index (Phi) is 5.70. The van der Waals surface area contributed by atoms with Gasteiger partial charge in [-0.2, -0.15) is 0 Å². The van der Waals surface area contributed by atoms with Crippen molar-refractivity contribution in [3.8, 4) is 0 Å². The minimum Gasteiger partial charge on any atom is -0.329 e.